The summed E-state index contributed by atoms with van der Waals surface area (Å²) in [6, 6.07) is 8.54. The van der Waals surface area contributed by atoms with Crippen molar-refractivity contribution < 1.29 is 9.53 Å². The maximum Gasteiger partial charge on any atom is 0.188 e. The van der Waals surface area contributed by atoms with E-state index >= 15 is 0 Å². The largest absolute Gasteiger partial charge is 0.369 e. The molecule has 1 aromatic rings. The highest BCUT2D eigenvalue weighted by Crippen LogP contribution is 2.44. The first-order chi connectivity index (χ1) is 13.7. The van der Waals surface area contributed by atoms with E-state index < -0.39 is 6.10 Å². The highest BCUT2D eigenvalue weighted by Gasteiger charge is 2.31. The molecule has 3 rings (SSSR count). The molecular weight excluding hydrogens is 344 g/mol. The fraction of sp³-hybridized carbons (Fsp3) is 0.654. The Morgan fingerprint density at radius 3 is 2.11 bits per heavy atom. The molecule has 2 nitrogen and oxygen atoms in total. The first kappa shape index (κ1) is 21.3. The summed E-state index contributed by atoms with van der Waals surface area (Å²) in [6.45, 7) is 5.90. The fourth-order valence-electron chi connectivity index (χ4n) is 5.75. The monoisotopic (exact) mass is 382 g/mol. The summed E-state index contributed by atoms with van der Waals surface area (Å²) >= 11 is 0. The van der Waals surface area contributed by atoms with E-state index in [1.54, 1.807) is 7.11 Å². The normalized spacial score (nSPS) is 29.2. The minimum Gasteiger partial charge on any atom is -0.369 e. The van der Waals surface area contributed by atoms with Crippen LogP contribution in [0.3, 0.4) is 0 Å². The zero-order valence-corrected chi connectivity index (χ0v) is 17.9. The predicted molar refractivity (Wildman–Crippen MR) is 116 cm³/mol. The van der Waals surface area contributed by atoms with Crippen molar-refractivity contribution in [2.45, 2.75) is 83.2 Å². The van der Waals surface area contributed by atoms with Gasteiger partial charge in [-0.1, -0.05) is 63.5 Å². The van der Waals surface area contributed by atoms with Crippen LogP contribution in [0, 0.1) is 17.8 Å². The van der Waals surface area contributed by atoms with Crippen LogP contribution in [0.15, 0.2) is 36.9 Å². The van der Waals surface area contributed by atoms with Crippen molar-refractivity contribution in [2.24, 2.45) is 17.8 Å². The lowest BCUT2D eigenvalue weighted by Gasteiger charge is -2.38. The van der Waals surface area contributed by atoms with Gasteiger partial charge in [-0.15, -0.1) is 0 Å². The zero-order chi connectivity index (χ0) is 19.9. The van der Waals surface area contributed by atoms with Crippen LogP contribution in [0.2, 0.25) is 0 Å². The van der Waals surface area contributed by atoms with E-state index in [1.165, 1.54) is 75.8 Å². The number of carbonyl (C=O) groups excluding carboxylic acids is 1. The van der Waals surface area contributed by atoms with Crippen molar-refractivity contribution in [1.82, 2.24) is 0 Å². The van der Waals surface area contributed by atoms with Gasteiger partial charge in [-0.3, -0.25) is 4.79 Å². The zero-order valence-electron chi connectivity index (χ0n) is 17.9. The molecule has 154 valence electrons. The highest BCUT2D eigenvalue weighted by molar-refractivity contribution is 5.93. The van der Waals surface area contributed by atoms with Crippen molar-refractivity contribution in [1.29, 1.82) is 0 Å². The molecule has 1 unspecified atom stereocenters. The third-order valence-corrected chi connectivity index (χ3v) is 7.43. The van der Waals surface area contributed by atoms with Crippen LogP contribution in [-0.2, 0) is 9.53 Å². The highest BCUT2D eigenvalue weighted by atomic mass is 16.5. The van der Waals surface area contributed by atoms with Crippen molar-refractivity contribution in [3.05, 3.63) is 48.0 Å². The maximum absolute atomic E-state index is 11.9. The van der Waals surface area contributed by atoms with Crippen LogP contribution >= 0.6 is 0 Å². The van der Waals surface area contributed by atoms with Crippen LogP contribution < -0.4 is 0 Å². The molecular formula is C26H38O2. The average Bonchev–Trinajstić information content (AvgIpc) is 2.75. The Bertz CT molecular complexity index is 616. The standard InChI is InChI=1S/C26H38O2/c1-4-6-19-7-9-20(10-8-19)21-11-13-22(14-12-21)23-15-17-24(18-16-23)26(28-3)25(27)5-2/h5,15-22,26H,2,4,6-14H2,1,3H3. The molecule has 0 N–H and O–H groups in total. The summed E-state index contributed by atoms with van der Waals surface area (Å²) < 4.78 is 5.36. The number of hydrogen-bond acceptors (Lipinski definition) is 2. The van der Waals surface area contributed by atoms with E-state index in [-0.39, 0.29) is 5.78 Å². The van der Waals surface area contributed by atoms with E-state index in [4.69, 9.17) is 4.74 Å². The predicted octanol–water partition coefficient (Wildman–Crippen LogP) is 7.01. The smallest absolute Gasteiger partial charge is 0.188 e. The Kier molecular flexibility index (Phi) is 7.91. The molecule has 2 fully saturated rings. The third-order valence-electron chi connectivity index (χ3n) is 7.43. The van der Waals surface area contributed by atoms with E-state index in [0.717, 1.165) is 23.3 Å². The number of methoxy groups -OCH3 is 1. The molecule has 0 aromatic heterocycles. The van der Waals surface area contributed by atoms with Gasteiger partial charge in [0, 0.05) is 7.11 Å². The van der Waals surface area contributed by atoms with Gasteiger partial charge in [-0.25, -0.2) is 0 Å². The minimum absolute atomic E-state index is 0.0792. The van der Waals surface area contributed by atoms with Gasteiger partial charge in [-0.2, -0.15) is 0 Å². The third kappa shape index (κ3) is 5.14. The summed E-state index contributed by atoms with van der Waals surface area (Å²) in [6.07, 6.45) is 14.9. The molecule has 0 amide bonds. The summed E-state index contributed by atoms with van der Waals surface area (Å²) in [7, 11) is 1.58. The molecule has 0 heterocycles. The molecule has 0 spiro atoms. The Morgan fingerprint density at radius 1 is 1.04 bits per heavy atom. The van der Waals surface area contributed by atoms with E-state index in [9.17, 15) is 4.79 Å². The van der Waals surface area contributed by atoms with Crippen LogP contribution in [0.1, 0.15) is 94.3 Å². The van der Waals surface area contributed by atoms with Gasteiger partial charge in [0.2, 0.25) is 0 Å². The van der Waals surface area contributed by atoms with Crippen LogP contribution in [0.5, 0.6) is 0 Å². The summed E-state index contributed by atoms with van der Waals surface area (Å²) in [5.74, 6) is 3.56. The second-order valence-electron chi connectivity index (χ2n) is 9.07. The summed E-state index contributed by atoms with van der Waals surface area (Å²) in [4.78, 5) is 11.9. The number of ether oxygens (including phenoxy) is 1. The van der Waals surface area contributed by atoms with E-state index in [0.29, 0.717) is 5.92 Å². The van der Waals surface area contributed by atoms with Gasteiger partial charge in [0.05, 0.1) is 0 Å². The van der Waals surface area contributed by atoms with Gasteiger partial charge in [-0.05, 0) is 79.4 Å². The summed E-state index contributed by atoms with van der Waals surface area (Å²) in [5.41, 5.74) is 2.35. The molecule has 0 aliphatic heterocycles. The van der Waals surface area contributed by atoms with Crippen LogP contribution in [-0.4, -0.2) is 12.9 Å². The molecule has 0 bridgehead atoms. The minimum atomic E-state index is -0.523. The van der Waals surface area contributed by atoms with Gasteiger partial charge in [0.1, 0.15) is 6.10 Å². The van der Waals surface area contributed by atoms with Crippen molar-refractivity contribution in [3.8, 4) is 0 Å². The number of ketones is 1. The lowest BCUT2D eigenvalue weighted by atomic mass is 9.68. The molecule has 0 saturated heterocycles. The van der Waals surface area contributed by atoms with Crippen molar-refractivity contribution in [2.75, 3.05) is 7.11 Å². The maximum atomic E-state index is 11.9. The lowest BCUT2D eigenvalue weighted by Crippen LogP contribution is -2.25. The molecule has 0 radical (unpaired) electrons. The first-order valence-electron chi connectivity index (χ1n) is 11.4. The van der Waals surface area contributed by atoms with E-state index in [2.05, 4.69) is 37.8 Å². The van der Waals surface area contributed by atoms with Crippen LogP contribution in [0.4, 0.5) is 0 Å². The van der Waals surface area contributed by atoms with Crippen LogP contribution in [0.25, 0.3) is 0 Å². The quantitative estimate of drug-likeness (QED) is 0.452. The molecule has 1 atom stereocenters. The second-order valence-corrected chi connectivity index (χ2v) is 9.07. The fourth-order valence-corrected chi connectivity index (χ4v) is 5.75. The number of benzene rings is 1. The first-order valence-corrected chi connectivity index (χ1v) is 11.4. The molecule has 2 saturated carbocycles. The Morgan fingerprint density at radius 2 is 1.61 bits per heavy atom. The van der Waals surface area contributed by atoms with E-state index in [1.807, 2.05) is 0 Å². The molecule has 2 aliphatic carbocycles. The van der Waals surface area contributed by atoms with Crippen molar-refractivity contribution in [3.63, 3.8) is 0 Å². The molecule has 1 aromatic carbocycles. The Balaban J connectivity index is 1.51. The molecule has 2 heteroatoms. The molecule has 2 aliphatic rings. The SMILES string of the molecule is C=CC(=O)C(OC)c1ccc(C2CCC(C3CCC(CCC)CC3)CC2)cc1. The summed E-state index contributed by atoms with van der Waals surface area (Å²) in [5, 5.41) is 0. The van der Waals surface area contributed by atoms with Gasteiger partial charge >= 0.3 is 0 Å². The van der Waals surface area contributed by atoms with Gasteiger partial charge in [0.25, 0.3) is 0 Å². The van der Waals surface area contributed by atoms with Gasteiger partial charge in [0.15, 0.2) is 5.78 Å². The number of hydrogen-bond donors (Lipinski definition) is 0. The van der Waals surface area contributed by atoms with Gasteiger partial charge < -0.3 is 4.74 Å². The van der Waals surface area contributed by atoms with Crippen molar-refractivity contribution >= 4 is 5.78 Å². The lowest BCUT2D eigenvalue weighted by molar-refractivity contribution is -0.124. The number of rotatable bonds is 8. The Labute approximate surface area is 171 Å². The topological polar surface area (TPSA) is 26.3 Å². The number of carbonyl (C=O) groups is 1. The molecule has 28 heavy (non-hydrogen) atoms. The Hall–Kier alpha value is -1.41. The second kappa shape index (κ2) is 10.4. The average molecular weight is 383 g/mol.